The highest BCUT2D eigenvalue weighted by Crippen LogP contribution is 2.40. The Morgan fingerprint density at radius 3 is 2.47 bits per heavy atom. The number of aromatic amines is 1. The molecule has 8 heteroatoms. The molecule has 2 atom stereocenters. The number of ether oxygens (including phenoxy) is 2. The van der Waals surface area contributed by atoms with Gasteiger partial charge in [-0.3, -0.25) is 19.3 Å². The number of likely N-dealkylation sites (N-methyl/N-ethyl adjacent to an activating group) is 1. The van der Waals surface area contributed by atoms with Gasteiger partial charge >= 0.3 is 11.9 Å². The SMILES string of the molecule is CC(=O)OCCN(CCOC(C)=O)C(=O)[C@@H]1C=C2c3cccc4[nH]cc(c34)C[C@H]2N(C)C1. The second kappa shape index (κ2) is 9.16. The minimum atomic E-state index is -0.391. The van der Waals surface area contributed by atoms with Gasteiger partial charge in [0.25, 0.3) is 0 Å². The fourth-order valence-electron chi connectivity index (χ4n) is 4.77. The number of carbonyl (C=O) groups excluding carboxylic acids is 3. The Kier molecular flexibility index (Phi) is 6.32. The number of amides is 1. The highest BCUT2D eigenvalue weighted by molar-refractivity contribution is 5.99. The van der Waals surface area contributed by atoms with Crippen molar-refractivity contribution in [2.75, 3.05) is 39.9 Å². The number of H-pyrrole nitrogens is 1. The lowest BCUT2D eigenvalue weighted by Gasteiger charge is -2.40. The molecular weight excluding hydrogens is 410 g/mol. The van der Waals surface area contributed by atoms with Gasteiger partial charge in [0.1, 0.15) is 13.2 Å². The molecule has 0 radical (unpaired) electrons. The lowest BCUT2D eigenvalue weighted by Crippen LogP contribution is -2.48. The topological polar surface area (TPSA) is 91.9 Å². The molecule has 1 N–H and O–H groups in total. The first-order valence-corrected chi connectivity index (χ1v) is 10.9. The number of esters is 2. The molecule has 0 saturated heterocycles. The van der Waals surface area contributed by atoms with Crippen LogP contribution in [0.3, 0.4) is 0 Å². The van der Waals surface area contributed by atoms with E-state index in [1.807, 2.05) is 6.07 Å². The van der Waals surface area contributed by atoms with Crippen molar-refractivity contribution < 1.29 is 23.9 Å². The van der Waals surface area contributed by atoms with Crippen molar-refractivity contribution >= 4 is 34.3 Å². The molecule has 2 heterocycles. The van der Waals surface area contributed by atoms with Crippen molar-refractivity contribution in [2.45, 2.75) is 26.3 Å². The van der Waals surface area contributed by atoms with Gasteiger partial charge in [0.15, 0.2) is 0 Å². The number of nitrogens with zero attached hydrogens (tertiary/aromatic N) is 2. The first kappa shape index (κ1) is 22.1. The molecule has 1 aromatic carbocycles. The van der Waals surface area contributed by atoms with Crippen molar-refractivity contribution in [3.8, 4) is 0 Å². The zero-order valence-corrected chi connectivity index (χ0v) is 18.7. The molecule has 2 aliphatic rings. The quantitative estimate of drug-likeness (QED) is 0.664. The predicted octanol–water partition coefficient (Wildman–Crippen LogP) is 1.99. The molecule has 0 saturated carbocycles. The maximum absolute atomic E-state index is 13.5. The summed E-state index contributed by atoms with van der Waals surface area (Å²) in [5, 5.41) is 1.23. The van der Waals surface area contributed by atoms with E-state index < -0.39 is 11.9 Å². The third-order valence-corrected chi connectivity index (χ3v) is 6.23. The fraction of sp³-hybridized carbons (Fsp3) is 0.458. The summed E-state index contributed by atoms with van der Waals surface area (Å²) in [6, 6.07) is 6.46. The Morgan fingerprint density at radius 1 is 1.12 bits per heavy atom. The third-order valence-electron chi connectivity index (χ3n) is 6.23. The highest BCUT2D eigenvalue weighted by atomic mass is 16.5. The van der Waals surface area contributed by atoms with Crippen molar-refractivity contribution in [1.29, 1.82) is 0 Å². The Balaban J connectivity index is 1.59. The van der Waals surface area contributed by atoms with Gasteiger partial charge in [-0.1, -0.05) is 18.2 Å². The number of hydrogen-bond donors (Lipinski definition) is 1. The fourth-order valence-corrected chi connectivity index (χ4v) is 4.77. The summed E-state index contributed by atoms with van der Waals surface area (Å²) < 4.78 is 10.1. The molecule has 1 amide bonds. The molecule has 8 nitrogen and oxygen atoms in total. The van der Waals surface area contributed by atoms with Crippen LogP contribution < -0.4 is 0 Å². The molecule has 2 aromatic rings. The molecule has 4 rings (SSSR count). The van der Waals surface area contributed by atoms with E-state index in [4.69, 9.17) is 9.47 Å². The smallest absolute Gasteiger partial charge is 0.302 e. The molecule has 0 bridgehead atoms. The first-order chi connectivity index (χ1) is 15.3. The Hall–Kier alpha value is -3.13. The average molecular weight is 440 g/mol. The van der Waals surface area contributed by atoms with Crippen LogP contribution >= 0.6 is 0 Å². The third kappa shape index (κ3) is 4.41. The van der Waals surface area contributed by atoms with Gasteiger partial charge in [-0.05, 0) is 36.2 Å². The molecule has 170 valence electrons. The standard InChI is InChI=1S/C24H29N3O5/c1-15(28)31-9-7-27(8-10-32-16(2)29)24(30)18-11-20-19-5-4-6-21-23(19)17(13-25-21)12-22(20)26(3)14-18/h4-6,11,13,18,22,25H,7-10,12,14H2,1-3H3/t18-,22-/m1/s1. The normalized spacial score (nSPS) is 19.8. The zero-order valence-electron chi connectivity index (χ0n) is 18.7. The second-order valence-electron chi connectivity index (χ2n) is 8.44. The zero-order chi connectivity index (χ0) is 22.8. The number of hydrogen-bond acceptors (Lipinski definition) is 6. The van der Waals surface area contributed by atoms with E-state index in [-0.39, 0.29) is 44.2 Å². The van der Waals surface area contributed by atoms with Crippen LogP contribution in [0.1, 0.15) is 25.0 Å². The van der Waals surface area contributed by atoms with E-state index >= 15 is 0 Å². The van der Waals surface area contributed by atoms with E-state index in [2.05, 4.69) is 41.3 Å². The summed E-state index contributed by atoms with van der Waals surface area (Å²) in [5.41, 5.74) is 4.76. The Morgan fingerprint density at radius 2 is 1.81 bits per heavy atom. The summed E-state index contributed by atoms with van der Waals surface area (Å²) in [6.07, 6.45) is 5.09. The van der Waals surface area contributed by atoms with Crippen LogP contribution in [0.25, 0.3) is 16.5 Å². The van der Waals surface area contributed by atoms with Crippen molar-refractivity contribution in [2.24, 2.45) is 5.92 Å². The van der Waals surface area contributed by atoms with Gasteiger partial charge in [-0.2, -0.15) is 0 Å². The van der Waals surface area contributed by atoms with E-state index in [9.17, 15) is 14.4 Å². The van der Waals surface area contributed by atoms with Crippen LogP contribution in [-0.2, 0) is 30.3 Å². The molecule has 0 unspecified atom stereocenters. The molecular formula is C24H29N3O5. The van der Waals surface area contributed by atoms with Crippen LogP contribution in [0.15, 0.2) is 30.5 Å². The minimum Gasteiger partial charge on any atom is -0.464 e. The number of carbonyl (C=O) groups is 3. The maximum atomic E-state index is 13.5. The number of benzene rings is 1. The van der Waals surface area contributed by atoms with Gasteiger partial charge in [0, 0.05) is 43.5 Å². The van der Waals surface area contributed by atoms with Gasteiger partial charge in [0.05, 0.1) is 19.0 Å². The monoisotopic (exact) mass is 439 g/mol. The van der Waals surface area contributed by atoms with Crippen LogP contribution in [0.5, 0.6) is 0 Å². The summed E-state index contributed by atoms with van der Waals surface area (Å²) in [4.78, 5) is 43.0. The van der Waals surface area contributed by atoms with Crippen molar-refractivity contribution in [1.82, 2.24) is 14.8 Å². The molecule has 0 fully saturated rings. The van der Waals surface area contributed by atoms with Crippen molar-refractivity contribution in [3.63, 3.8) is 0 Å². The van der Waals surface area contributed by atoms with Gasteiger partial charge in [-0.25, -0.2) is 0 Å². The summed E-state index contributed by atoms with van der Waals surface area (Å²) in [5.74, 6) is -1.18. The van der Waals surface area contributed by atoms with Crippen LogP contribution in [0, 0.1) is 5.92 Å². The summed E-state index contributed by atoms with van der Waals surface area (Å²) in [6.45, 7) is 3.99. The highest BCUT2D eigenvalue weighted by Gasteiger charge is 2.36. The largest absolute Gasteiger partial charge is 0.464 e. The van der Waals surface area contributed by atoms with E-state index in [0.717, 1.165) is 11.9 Å². The molecule has 1 aromatic heterocycles. The van der Waals surface area contributed by atoms with E-state index in [0.29, 0.717) is 6.54 Å². The number of aromatic nitrogens is 1. The molecule has 1 aliphatic heterocycles. The number of rotatable bonds is 7. The van der Waals surface area contributed by atoms with E-state index in [1.54, 1.807) is 4.90 Å². The van der Waals surface area contributed by atoms with Crippen molar-refractivity contribution in [3.05, 3.63) is 41.6 Å². The lowest BCUT2D eigenvalue weighted by molar-refractivity contribution is -0.146. The molecule has 0 spiro atoms. The predicted molar refractivity (Wildman–Crippen MR) is 120 cm³/mol. The Labute approximate surface area is 187 Å². The summed E-state index contributed by atoms with van der Waals surface area (Å²) in [7, 11) is 2.05. The minimum absolute atomic E-state index is 0.0610. The summed E-state index contributed by atoms with van der Waals surface area (Å²) >= 11 is 0. The second-order valence-corrected chi connectivity index (χ2v) is 8.44. The van der Waals surface area contributed by atoms with Gasteiger partial charge in [-0.15, -0.1) is 0 Å². The Bertz CT molecular complexity index is 1050. The van der Waals surface area contributed by atoms with Crippen LogP contribution in [0.2, 0.25) is 0 Å². The van der Waals surface area contributed by atoms with Crippen LogP contribution in [-0.4, -0.2) is 78.6 Å². The average Bonchev–Trinajstić information content (AvgIpc) is 3.16. The number of fused-ring (bicyclic) bond motifs is 2. The molecule has 32 heavy (non-hydrogen) atoms. The number of nitrogens with one attached hydrogen (secondary N) is 1. The van der Waals surface area contributed by atoms with Gasteiger partial charge < -0.3 is 19.4 Å². The van der Waals surface area contributed by atoms with Gasteiger partial charge in [0.2, 0.25) is 5.91 Å². The maximum Gasteiger partial charge on any atom is 0.302 e. The molecule has 1 aliphatic carbocycles. The lowest BCUT2D eigenvalue weighted by atomic mass is 9.79. The van der Waals surface area contributed by atoms with Crippen LogP contribution in [0.4, 0.5) is 0 Å². The van der Waals surface area contributed by atoms with E-state index in [1.165, 1.54) is 35.9 Å². The first-order valence-electron chi connectivity index (χ1n) is 10.9.